The van der Waals surface area contributed by atoms with Crippen LogP contribution in [0.1, 0.15) is 5.82 Å². The molecule has 0 atom stereocenters. The van der Waals surface area contributed by atoms with Gasteiger partial charge in [-0.2, -0.15) is 0 Å². The molecule has 0 aliphatic heterocycles. The lowest BCUT2D eigenvalue weighted by Gasteiger charge is -2.07. The quantitative estimate of drug-likeness (QED) is 0.907. The molecule has 0 saturated carbocycles. The summed E-state index contributed by atoms with van der Waals surface area (Å²) >= 11 is 0. The lowest BCUT2D eigenvalue weighted by atomic mass is 10.1. The van der Waals surface area contributed by atoms with Gasteiger partial charge in [-0.25, -0.2) is 9.97 Å². The average Bonchev–Trinajstić information content (AvgIpc) is 2.39. The summed E-state index contributed by atoms with van der Waals surface area (Å²) in [4.78, 5) is 8.31. The number of nitrogens with two attached hydrogens (primary N) is 1. The van der Waals surface area contributed by atoms with Crippen LogP contribution in [0.15, 0.2) is 36.7 Å². The first kappa shape index (κ1) is 13.4. The monoisotopic (exact) mass is 251 g/mol. The van der Waals surface area contributed by atoms with Gasteiger partial charge in [0.1, 0.15) is 11.6 Å². The molecule has 1 heterocycles. The molecule has 1 aromatic heterocycles. The van der Waals surface area contributed by atoms with Gasteiger partial charge in [0.25, 0.3) is 0 Å². The molecule has 0 radical (unpaired) electrons. The van der Waals surface area contributed by atoms with Gasteiger partial charge in [-0.1, -0.05) is 18.2 Å². The summed E-state index contributed by atoms with van der Waals surface area (Å²) in [6.45, 7) is 0.353. The molecule has 90 valence electrons. The molecule has 17 heavy (non-hydrogen) atoms. The predicted molar refractivity (Wildman–Crippen MR) is 69.2 cm³/mol. The molecule has 0 amide bonds. The summed E-state index contributed by atoms with van der Waals surface area (Å²) in [7, 11) is 1.65. The molecule has 2 N–H and O–H groups in total. The summed E-state index contributed by atoms with van der Waals surface area (Å²) in [5, 5.41) is 0. The minimum Gasteiger partial charge on any atom is -0.496 e. The van der Waals surface area contributed by atoms with Crippen molar-refractivity contribution in [3.8, 4) is 16.9 Å². The SMILES string of the molecule is COc1ccccc1-c1cnc(CN)nc1.Cl. The van der Waals surface area contributed by atoms with Gasteiger partial charge in [-0.3, -0.25) is 0 Å². The van der Waals surface area contributed by atoms with Crippen LogP contribution in [-0.2, 0) is 6.54 Å². The van der Waals surface area contributed by atoms with E-state index in [1.165, 1.54) is 0 Å². The molecule has 0 aliphatic rings. The molecule has 0 saturated heterocycles. The van der Waals surface area contributed by atoms with E-state index in [4.69, 9.17) is 10.5 Å². The Morgan fingerprint density at radius 1 is 1.18 bits per heavy atom. The maximum atomic E-state index is 5.44. The number of benzene rings is 1. The largest absolute Gasteiger partial charge is 0.496 e. The van der Waals surface area contributed by atoms with Crippen molar-refractivity contribution in [2.75, 3.05) is 7.11 Å². The van der Waals surface area contributed by atoms with Crippen molar-refractivity contribution in [2.24, 2.45) is 5.73 Å². The predicted octanol–water partition coefficient (Wildman–Crippen LogP) is 2.03. The maximum Gasteiger partial charge on any atom is 0.141 e. The molecule has 1 aromatic carbocycles. The van der Waals surface area contributed by atoms with E-state index >= 15 is 0 Å². The van der Waals surface area contributed by atoms with Crippen molar-refractivity contribution in [1.82, 2.24) is 9.97 Å². The number of para-hydroxylation sites is 1. The first-order chi connectivity index (χ1) is 7.85. The van der Waals surface area contributed by atoms with Crippen molar-refractivity contribution in [3.63, 3.8) is 0 Å². The number of hydrogen-bond donors (Lipinski definition) is 1. The standard InChI is InChI=1S/C12H13N3O.ClH/c1-16-11-5-3-2-4-10(11)9-7-14-12(6-13)15-8-9;/h2-5,7-8H,6,13H2,1H3;1H. The smallest absolute Gasteiger partial charge is 0.141 e. The van der Waals surface area contributed by atoms with Crippen LogP contribution >= 0.6 is 12.4 Å². The van der Waals surface area contributed by atoms with Crippen LogP contribution in [0.25, 0.3) is 11.1 Å². The number of nitrogens with zero attached hydrogens (tertiary/aromatic N) is 2. The van der Waals surface area contributed by atoms with Crippen LogP contribution in [0.2, 0.25) is 0 Å². The van der Waals surface area contributed by atoms with Gasteiger partial charge in [0.2, 0.25) is 0 Å². The van der Waals surface area contributed by atoms with Gasteiger partial charge in [0.05, 0.1) is 13.7 Å². The van der Waals surface area contributed by atoms with Gasteiger partial charge in [-0.05, 0) is 6.07 Å². The second kappa shape index (κ2) is 6.18. The maximum absolute atomic E-state index is 5.44. The van der Waals surface area contributed by atoms with Crippen molar-refractivity contribution >= 4 is 12.4 Å². The van der Waals surface area contributed by atoms with E-state index in [0.29, 0.717) is 12.4 Å². The average molecular weight is 252 g/mol. The summed E-state index contributed by atoms with van der Waals surface area (Å²) in [5.41, 5.74) is 7.35. The Bertz CT molecular complexity index is 473. The zero-order valence-corrected chi connectivity index (χ0v) is 10.3. The van der Waals surface area contributed by atoms with Crippen molar-refractivity contribution in [3.05, 3.63) is 42.5 Å². The van der Waals surface area contributed by atoms with Gasteiger partial charge in [0, 0.05) is 23.5 Å². The highest BCUT2D eigenvalue weighted by atomic mass is 35.5. The Labute approximate surface area is 106 Å². The Balaban J connectivity index is 0.00000144. The lowest BCUT2D eigenvalue weighted by Crippen LogP contribution is -2.02. The normalized spacial score (nSPS) is 9.53. The summed E-state index contributed by atoms with van der Waals surface area (Å²) in [6.07, 6.45) is 3.51. The molecule has 2 aromatic rings. The minimum atomic E-state index is 0. The molecule has 5 heteroatoms. The Morgan fingerprint density at radius 3 is 2.41 bits per heavy atom. The number of hydrogen-bond acceptors (Lipinski definition) is 4. The van der Waals surface area contributed by atoms with E-state index in [0.717, 1.165) is 16.9 Å². The van der Waals surface area contributed by atoms with Gasteiger partial charge >= 0.3 is 0 Å². The van der Waals surface area contributed by atoms with Gasteiger partial charge < -0.3 is 10.5 Å². The van der Waals surface area contributed by atoms with Crippen molar-refractivity contribution in [2.45, 2.75) is 6.54 Å². The van der Waals surface area contributed by atoms with E-state index in [1.807, 2.05) is 24.3 Å². The second-order valence-electron chi connectivity index (χ2n) is 3.29. The van der Waals surface area contributed by atoms with Crippen LogP contribution < -0.4 is 10.5 Å². The first-order valence-corrected chi connectivity index (χ1v) is 4.99. The zero-order valence-electron chi connectivity index (χ0n) is 9.46. The Hall–Kier alpha value is -1.65. The highest BCUT2D eigenvalue weighted by Crippen LogP contribution is 2.28. The second-order valence-corrected chi connectivity index (χ2v) is 3.29. The summed E-state index contributed by atoms with van der Waals surface area (Å²) in [5.74, 6) is 1.45. The van der Waals surface area contributed by atoms with Crippen molar-refractivity contribution in [1.29, 1.82) is 0 Å². The van der Waals surface area contributed by atoms with Crippen molar-refractivity contribution < 1.29 is 4.74 Å². The van der Waals surface area contributed by atoms with Crippen LogP contribution in [0, 0.1) is 0 Å². The van der Waals surface area contributed by atoms with Crippen LogP contribution in [0.5, 0.6) is 5.75 Å². The third kappa shape index (κ3) is 2.93. The summed E-state index contributed by atoms with van der Waals surface area (Å²) < 4.78 is 5.28. The fraction of sp³-hybridized carbons (Fsp3) is 0.167. The number of rotatable bonds is 3. The number of ether oxygens (including phenoxy) is 1. The molecule has 0 aliphatic carbocycles. The zero-order chi connectivity index (χ0) is 11.4. The number of aromatic nitrogens is 2. The molecular weight excluding hydrogens is 238 g/mol. The number of methoxy groups -OCH3 is 1. The molecule has 0 fully saturated rings. The highest BCUT2D eigenvalue weighted by Gasteiger charge is 2.05. The van der Waals surface area contributed by atoms with E-state index in [9.17, 15) is 0 Å². The van der Waals surface area contributed by atoms with Gasteiger partial charge in [0.15, 0.2) is 0 Å². The third-order valence-corrected chi connectivity index (χ3v) is 2.31. The molecule has 0 unspecified atom stereocenters. The number of halogens is 1. The molecule has 4 nitrogen and oxygen atoms in total. The van der Waals surface area contributed by atoms with Gasteiger partial charge in [-0.15, -0.1) is 12.4 Å². The fourth-order valence-electron chi connectivity index (χ4n) is 1.48. The van der Waals surface area contributed by atoms with Crippen LogP contribution in [-0.4, -0.2) is 17.1 Å². The Morgan fingerprint density at radius 2 is 1.82 bits per heavy atom. The molecule has 0 bridgehead atoms. The Kier molecular flexibility index (Phi) is 4.87. The highest BCUT2D eigenvalue weighted by molar-refractivity contribution is 5.85. The third-order valence-electron chi connectivity index (χ3n) is 2.31. The summed E-state index contributed by atoms with van der Waals surface area (Å²) in [6, 6.07) is 7.76. The van der Waals surface area contributed by atoms with E-state index < -0.39 is 0 Å². The minimum absolute atomic E-state index is 0. The topological polar surface area (TPSA) is 61.0 Å². The molecular formula is C12H14ClN3O. The fourth-order valence-corrected chi connectivity index (χ4v) is 1.48. The lowest BCUT2D eigenvalue weighted by molar-refractivity contribution is 0.416. The van der Waals surface area contributed by atoms with E-state index in [-0.39, 0.29) is 12.4 Å². The first-order valence-electron chi connectivity index (χ1n) is 4.99. The van der Waals surface area contributed by atoms with E-state index in [1.54, 1.807) is 19.5 Å². The van der Waals surface area contributed by atoms with Crippen LogP contribution in [0.4, 0.5) is 0 Å². The molecule has 0 spiro atoms. The van der Waals surface area contributed by atoms with Crippen LogP contribution in [0.3, 0.4) is 0 Å². The van der Waals surface area contributed by atoms with E-state index in [2.05, 4.69) is 9.97 Å². The molecule has 2 rings (SSSR count).